The second-order valence-corrected chi connectivity index (χ2v) is 4.97. The zero-order chi connectivity index (χ0) is 12.3. The Bertz CT molecular complexity index is 268. The molecule has 0 bridgehead atoms. The molecule has 1 aromatic heterocycles. The van der Waals surface area contributed by atoms with Crippen LogP contribution < -0.4 is 0 Å². The number of rotatable bonds is 9. The molecule has 17 heavy (non-hydrogen) atoms. The van der Waals surface area contributed by atoms with Crippen molar-refractivity contribution in [3.05, 3.63) is 30.1 Å². The molecule has 0 aliphatic rings. The smallest absolute Gasteiger partial charge is 0.0270 e. The van der Waals surface area contributed by atoms with Crippen LogP contribution in [0.2, 0.25) is 0 Å². The topological polar surface area (TPSA) is 12.9 Å². The molecular weight excluding hydrogens is 206 g/mol. The second kappa shape index (κ2) is 9.21. The molecule has 1 atom stereocenters. The summed E-state index contributed by atoms with van der Waals surface area (Å²) in [5.74, 6) is 0.759. The second-order valence-electron chi connectivity index (χ2n) is 4.97. The Morgan fingerprint density at radius 2 is 1.53 bits per heavy atom. The van der Waals surface area contributed by atoms with Gasteiger partial charge in [0.25, 0.3) is 0 Å². The maximum Gasteiger partial charge on any atom is 0.0270 e. The van der Waals surface area contributed by atoms with Crippen LogP contribution in [0.25, 0.3) is 0 Å². The van der Waals surface area contributed by atoms with E-state index < -0.39 is 0 Å². The van der Waals surface area contributed by atoms with Crippen molar-refractivity contribution in [3.8, 4) is 0 Å². The van der Waals surface area contributed by atoms with Crippen LogP contribution in [0.3, 0.4) is 0 Å². The van der Waals surface area contributed by atoms with Crippen molar-refractivity contribution in [2.75, 3.05) is 0 Å². The zero-order valence-electron chi connectivity index (χ0n) is 11.5. The zero-order valence-corrected chi connectivity index (χ0v) is 11.5. The van der Waals surface area contributed by atoms with Gasteiger partial charge >= 0.3 is 0 Å². The molecule has 1 nitrogen and oxygen atoms in total. The molecule has 0 saturated heterocycles. The van der Waals surface area contributed by atoms with Gasteiger partial charge in [0.05, 0.1) is 0 Å². The van der Waals surface area contributed by atoms with Gasteiger partial charge in [-0.2, -0.15) is 0 Å². The maximum atomic E-state index is 4.12. The minimum absolute atomic E-state index is 0.759. The van der Waals surface area contributed by atoms with E-state index in [1.54, 1.807) is 0 Å². The molecule has 0 radical (unpaired) electrons. The lowest BCUT2D eigenvalue weighted by atomic mass is 9.89. The Morgan fingerprint density at radius 3 is 2.18 bits per heavy atom. The molecular formula is C16H27N. The fourth-order valence-corrected chi connectivity index (χ4v) is 2.38. The number of hydrogen-bond acceptors (Lipinski definition) is 1. The van der Waals surface area contributed by atoms with Crippen LogP contribution >= 0.6 is 0 Å². The molecule has 0 aliphatic carbocycles. The van der Waals surface area contributed by atoms with Gasteiger partial charge in [0.2, 0.25) is 0 Å². The van der Waals surface area contributed by atoms with Gasteiger partial charge in [0, 0.05) is 12.4 Å². The molecule has 0 aromatic carbocycles. The van der Waals surface area contributed by atoms with Crippen molar-refractivity contribution in [3.63, 3.8) is 0 Å². The summed E-state index contributed by atoms with van der Waals surface area (Å²) in [4.78, 5) is 4.12. The summed E-state index contributed by atoms with van der Waals surface area (Å²) in [7, 11) is 0. The summed E-state index contributed by atoms with van der Waals surface area (Å²) in [6.45, 7) is 4.55. The van der Waals surface area contributed by atoms with E-state index in [1.807, 2.05) is 12.4 Å². The molecule has 1 unspecified atom stereocenters. The van der Waals surface area contributed by atoms with Gasteiger partial charge in [-0.1, -0.05) is 52.4 Å². The first-order valence-corrected chi connectivity index (χ1v) is 7.28. The lowest BCUT2D eigenvalue weighted by Crippen LogP contribution is -1.99. The average Bonchev–Trinajstić information content (AvgIpc) is 2.39. The van der Waals surface area contributed by atoms with E-state index >= 15 is 0 Å². The Labute approximate surface area is 107 Å². The third kappa shape index (κ3) is 5.86. The van der Waals surface area contributed by atoms with E-state index in [0.717, 1.165) is 5.92 Å². The summed E-state index contributed by atoms with van der Waals surface area (Å²) in [5, 5.41) is 0. The van der Waals surface area contributed by atoms with Gasteiger partial charge in [-0.05, 0) is 36.5 Å². The number of unbranched alkanes of at least 4 members (excludes halogenated alkanes) is 4. The van der Waals surface area contributed by atoms with Gasteiger partial charge in [-0.3, -0.25) is 4.98 Å². The van der Waals surface area contributed by atoms with Gasteiger partial charge < -0.3 is 0 Å². The highest BCUT2D eigenvalue weighted by molar-refractivity contribution is 5.15. The SMILES string of the molecule is CCCCCCC(CCCC)c1ccncc1. The van der Waals surface area contributed by atoms with Crippen LogP contribution in [0.1, 0.15) is 76.7 Å². The van der Waals surface area contributed by atoms with Crippen molar-refractivity contribution in [1.82, 2.24) is 4.98 Å². The minimum Gasteiger partial charge on any atom is -0.265 e. The molecule has 0 amide bonds. The van der Waals surface area contributed by atoms with Gasteiger partial charge in [-0.25, -0.2) is 0 Å². The van der Waals surface area contributed by atoms with Gasteiger partial charge in [0.15, 0.2) is 0 Å². The minimum atomic E-state index is 0.759. The van der Waals surface area contributed by atoms with E-state index in [2.05, 4.69) is 31.0 Å². The Kier molecular flexibility index (Phi) is 7.70. The normalized spacial score (nSPS) is 12.6. The highest BCUT2D eigenvalue weighted by Gasteiger charge is 2.10. The summed E-state index contributed by atoms with van der Waals surface area (Å²) in [6.07, 6.45) is 14.7. The first-order valence-electron chi connectivity index (χ1n) is 7.28. The van der Waals surface area contributed by atoms with E-state index in [4.69, 9.17) is 0 Å². The highest BCUT2D eigenvalue weighted by atomic mass is 14.6. The van der Waals surface area contributed by atoms with E-state index in [1.165, 1.54) is 56.9 Å². The molecule has 0 aliphatic heterocycles. The Balaban J connectivity index is 2.43. The number of hydrogen-bond donors (Lipinski definition) is 0. The Hall–Kier alpha value is -0.850. The van der Waals surface area contributed by atoms with E-state index in [-0.39, 0.29) is 0 Å². The largest absolute Gasteiger partial charge is 0.265 e. The van der Waals surface area contributed by atoms with Crippen LogP contribution in [0.4, 0.5) is 0 Å². The summed E-state index contributed by atoms with van der Waals surface area (Å²) in [5.41, 5.74) is 1.49. The van der Waals surface area contributed by atoms with Crippen molar-refractivity contribution >= 4 is 0 Å². The molecule has 1 heteroatoms. The number of pyridine rings is 1. The molecule has 1 rings (SSSR count). The van der Waals surface area contributed by atoms with E-state index in [0.29, 0.717) is 0 Å². The van der Waals surface area contributed by atoms with Crippen LogP contribution in [0.5, 0.6) is 0 Å². The molecule has 0 saturated carbocycles. The average molecular weight is 233 g/mol. The fraction of sp³-hybridized carbons (Fsp3) is 0.688. The lowest BCUT2D eigenvalue weighted by Gasteiger charge is -2.16. The molecule has 1 heterocycles. The predicted octanol–water partition coefficient (Wildman–Crippen LogP) is 5.33. The maximum absolute atomic E-state index is 4.12. The van der Waals surface area contributed by atoms with Crippen LogP contribution in [0, 0.1) is 0 Å². The van der Waals surface area contributed by atoms with Crippen molar-refractivity contribution in [1.29, 1.82) is 0 Å². The molecule has 96 valence electrons. The standard InChI is InChI=1S/C16H27N/c1-3-5-7-8-10-15(9-6-4-2)16-11-13-17-14-12-16/h11-15H,3-10H2,1-2H3. The van der Waals surface area contributed by atoms with Gasteiger partial charge in [0.1, 0.15) is 0 Å². The molecule has 0 spiro atoms. The molecule has 0 N–H and O–H groups in total. The third-order valence-corrected chi connectivity index (χ3v) is 3.49. The van der Waals surface area contributed by atoms with Crippen LogP contribution in [-0.4, -0.2) is 4.98 Å². The number of aromatic nitrogens is 1. The molecule has 1 aromatic rings. The summed E-state index contributed by atoms with van der Waals surface area (Å²) < 4.78 is 0. The first kappa shape index (κ1) is 14.2. The third-order valence-electron chi connectivity index (χ3n) is 3.49. The monoisotopic (exact) mass is 233 g/mol. The first-order chi connectivity index (χ1) is 8.38. The van der Waals surface area contributed by atoms with Crippen LogP contribution in [0.15, 0.2) is 24.5 Å². The Morgan fingerprint density at radius 1 is 0.882 bits per heavy atom. The number of nitrogens with zero attached hydrogens (tertiary/aromatic N) is 1. The summed E-state index contributed by atoms with van der Waals surface area (Å²) in [6, 6.07) is 4.39. The lowest BCUT2D eigenvalue weighted by molar-refractivity contribution is 0.508. The van der Waals surface area contributed by atoms with Crippen LogP contribution in [-0.2, 0) is 0 Å². The van der Waals surface area contributed by atoms with Gasteiger partial charge in [-0.15, -0.1) is 0 Å². The summed E-state index contributed by atoms with van der Waals surface area (Å²) >= 11 is 0. The van der Waals surface area contributed by atoms with Crippen molar-refractivity contribution in [2.45, 2.75) is 71.1 Å². The van der Waals surface area contributed by atoms with E-state index in [9.17, 15) is 0 Å². The fourth-order valence-electron chi connectivity index (χ4n) is 2.38. The highest BCUT2D eigenvalue weighted by Crippen LogP contribution is 2.27. The molecule has 0 fully saturated rings. The van der Waals surface area contributed by atoms with Crippen molar-refractivity contribution in [2.24, 2.45) is 0 Å². The predicted molar refractivity (Wildman–Crippen MR) is 75.3 cm³/mol. The quantitative estimate of drug-likeness (QED) is 0.526. The van der Waals surface area contributed by atoms with Crippen molar-refractivity contribution < 1.29 is 0 Å².